The first kappa shape index (κ1) is 30.0. The van der Waals surface area contributed by atoms with Crippen molar-refractivity contribution in [3.05, 3.63) is 29.3 Å². The van der Waals surface area contributed by atoms with Crippen LogP contribution >= 0.6 is 0 Å². The fourth-order valence-corrected chi connectivity index (χ4v) is 6.04. The smallest absolute Gasteiger partial charge is 0.410 e. The van der Waals surface area contributed by atoms with Gasteiger partial charge in [-0.3, -0.25) is 39.2 Å². The number of piperazine rings is 2. The number of fused-ring (bicyclic) bond motifs is 1. The number of ether oxygens (including phenoxy) is 1. The first-order valence-electron chi connectivity index (χ1n) is 15.0. The highest BCUT2D eigenvalue weighted by Gasteiger charge is 2.44. The van der Waals surface area contributed by atoms with Crippen molar-refractivity contribution >= 4 is 35.4 Å². The van der Waals surface area contributed by atoms with Crippen LogP contribution in [-0.2, 0) is 14.3 Å². The highest BCUT2D eigenvalue weighted by Crippen LogP contribution is 2.31. The summed E-state index contributed by atoms with van der Waals surface area (Å²) in [5, 5.41) is 2.23. The maximum atomic E-state index is 13.2. The minimum atomic E-state index is -0.955. The van der Waals surface area contributed by atoms with E-state index in [0.29, 0.717) is 24.2 Å². The first-order valence-corrected chi connectivity index (χ1v) is 15.0. The van der Waals surface area contributed by atoms with E-state index in [1.165, 1.54) is 0 Å². The summed E-state index contributed by atoms with van der Waals surface area (Å²) in [6.07, 6.45) is 2.24. The zero-order chi connectivity index (χ0) is 30.0. The Kier molecular flexibility index (Phi) is 8.84. The second kappa shape index (κ2) is 12.4. The van der Waals surface area contributed by atoms with Gasteiger partial charge in [0.2, 0.25) is 11.8 Å². The third-order valence-electron chi connectivity index (χ3n) is 8.38. The van der Waals surface area contributed by atoms with E-state index in [1.54, 1.807) is 17.0 Å². The van der Waals surface area contributed by atoms with Crippen molar-refractivity contribution in [2.45, 2.75) is 58.1 Å². The number of hydrogen-bond acceptors (Lipinski definition) is 9. The van der Waals surface area contributed by atoms with Crippen molar-refractivity contribution in [2.75, 3.05) is 70.3 Å². The minimum absolute atomic E-state index is 0.103. The molecule has 1 unspecified atom stereocenters. The lowest BCUT2D eigenvalue weighted by atomic mass is 10.0. The van der Waals surface area contributed by atoms with Crippen LogP contribution in [0.3, 0.4) is 0 Å². The molecule has 4 aliphatic heterocycles. The van der Waals surface area contributed by atoms with Crippen LogP contribution in [0, 0.1) is 0 Å². The third kappa shape index (κ3) is 6.75. The molecule has 12 nitrogen and oxygen atoms in total. The van der Waals surface area contributed by atoms with Crippen LogP contribution in [0.25, 0.3) is 0 Å². The average molecular weight is 583 g/mol. The van der Waals surface area contributed by atoms with Gasteiger partial charge in [0, 0.05) is 64.5 Å². The standard InChI is InChI=1S/C30H42N6O6/c1-30(2,3)42-29(41)35-18-14-33(15-19-35)11-5-4-10-32-12-16-34(17-13-32)21-6-7-22-23(20-21)28(40)36(27(22)39)24-8-9-25(37)31-26(24)38/h6-7,20,24H,4-5,8-19H2,1-3H3,(H,31,37,38). The van der Waals surface area contributed by atoms with Crippen LogP contribution in [-0.4, -0.2) is 126 Å². The molecule has 1 aromatic carbocycles. The molecule has 5 amide bonds. The zero-order valence-corrected chi connectivity index (χ0v) is 24.9. The van der Waals surface area contributed by atoms with Crippen molar-refractivity contribution in [1.29, 1.82) is 0 Å². The molecule has 1 aromatic rings. The predicted octanol–water partition coefficient (Wildman–Crippen LogP) is 1.54. The van der Waals surface area contributed by atoms with Gasteiger partial charge in [0.1, 0.15) is 11.6 Å². The molecular weight excluding hydrogens is 540 g/mol. The number of rotatable bonds is 7. The Morgan fingerprint density at radius 2 is 1.45 bits per heavy atom. The summed E-state index contributed by atoms with van der Waals surface area (Å²) in [7, 11) is 0. The van der Waals surface area contributed by atoms with Gasteiger partial charge >= 0.3 is 6.09 Å². The van der Waals surface area contributed by atoms with Crippen molar-refractivity contribution in [3.63, 3.8) is 0 Å². The molecule has 0 aromatic heterocycles. The Balaban J connectivity index is 1.03. The molecule has 0 bridgehead atoms. The van der Waals surface area contributed by atoms with Crippen LogP contribution in [0.1, 0.15) is 67.2 Å². The molecule has 3 fully saturated rings. The number of hydrogen-bond donors (Lipinski definition) is 1. The fourth-order valence-electron chi connectivity index (χ4n) is 6.04. The summed E-state index contributed by atoms with van der Waals surface area (Å²) >= 11 is 0. The van der Waals surface area contributed by atoms with Gasteiger partial charge in [-0.15, -0.1) is 0 Å². The Morgan fingerprint density at radius 3 is 2.05 bits per heavy atom. The molecule has 0 spiro atoms. The third-order valence-corrected chi connectivity index (χ3v) is 8.38. The molecule has 228 valence electrons. The van der Waals surface area contributed by atoms with E-state index < -0.39 is 29.4 Å². The molecule has 0 radical (unpaired) electrons. The molecule has 3 saturated heterocycles. The number of anilines is 1. The maximum absolute atomic E-state index is 13.2. The van der Waals surface area contributed by atoms with E-state index >= 15 is 0 Å². The maximum Gasteiger partial charge on any atom is 0.410 e. The number of amides is 5. The topological polar surface area (TPSA) is 123 Å². The highest BCUT2D eigenvalue weighted by atomic mass is 16.6. The lowest BCUT2D eigenvalue weighted by Gasteiger charge is -2.37. The number of nitrogens with zero attached hydrogens (tertiary/aromatic N) is 5. The van der Waals surface area contributed by atoms with Crippen molar-refractivity contribution in [2.24, 2.45) is 0 Å². The van der Waals surface area contributed by atoms with Crippen molar-refractivity contribution in [1.82, 2.24) is 24.9 Å². The van der Waals surface area contributed by atoms with E-state index in [0.717, 1.165) is 75.8 Å². The van der Waals surface area contributed by atoms with Crippen LogP contribution in [0.5, 0.6) is 0 Å². The number of nitrogens with one attached hydrogen (secondary N) is 1. The molecule has 0 saturated carbocycles. The van der Waals surface area contributed by atoms with Crippen LogP contribution in [0.2, 0.25) is 0 Å². The predicted molar refractivity (Wildman–Crippen MR) is 155 cm³/mol. The summed E-state index contributed by atoms with van der Waals surface area (Å²) in [6.45, 7) is 14.4. The lowest BCUT2D eigenvalue weighted by Crippen LogP contribution is -2.54. The Bertz CT molecular complexity index is 1230. The quantitative estimate of drug-likeness (QED) is 0.377. The Labute approximate surface area is 246 Å². The van der Waals surface area contributed by atoms with Gasteiger partial charge in [-0.2, -0.15) is 0 Å². The molecule has 42 heavy (non-hydrogen) atoms. The second-order valence-electron chi connectivity index (χ2n) is 12.5. The van der Waals surface area contributed by atoms with E-state index in [-0.39, 0.29) is 24.8 Å². The van der Waals surface area contributed by atoms with Gasteiger partial charge in [-0.25, -0.2) is 4.79 Å². The summed E-state index contributed by atoms with van der Waals surface area (Å²) < 4.78 is 5.48. The average Bonchev–Trinajstić information content (AvgIpc) is 3.20. The van der Waals surface area contributed by atoms with Gasteiger partial charge in [0.05, 0.1) is 11.1 Å². The van der Waals surface area contributed by atoms with Crippen molar-refractivity contribution in [3.8, 4) is 0 Å². The van der Waals surface area contributed by atoms with Gasteiger partial charge in [-0.05, 0) is 71.3 Å². The van der Waals surface area contributed by atoms with E-state index in [9.17, 15) is 24.0 Å². The number of unbranched alkanes of at least 4 members (excludes halogenated alkanes) is 1. The molecule has 1 atom stereocenters. The Hall–Kier alpha value is -3.51. The van der Waals surface area contributed by atoms with Crippen LogP contribution in [0.4, 0.5) is 10.5 Å². The van der Waals surface area contributed by atoms with Gasteiger partial charge in [-0.1, -0.05) is 0 Å². The van der Waals surface area contributed by atoms with Gasteiger partial charge in [0.15, 0.2) is 0 Å². The van der Waals surface area contributed by atoms with Crippen LogP contribution < -0.4 is 10.2 Å². The largest absolute Gasteiger partial charge is 0.444 e. The Morgan fingerprint density at radius 1 is 0.857 bits per heavy atom. The summed E-state index contributed by atoms with van der Waals surface area (Å²) in [4.78, 5) is 72.1. The SMILES string of the molecule is CC(C)(C)OC(=O)N1CCN(CCCCN2CCN(c3ccc4c(c3)C(=O)N(C3CCC(=O)NC3=O)C4=O)CC2)CC1. The molecule has 12 heteroatoms. The number of carbonyl (C=O) groups excluding carboxylic acids is 5. The highest BCUT2D eigenvalue weighted by molar-refractivity contribution is 6.23. The molecule has 4 aliphatic rings. The molecule has 4 heterocycles. The monoisotopic (exact) mass is 582 g/mol. The zero-order valence-electron chi connectivity index (χ0n) is 24.9. The van der Waals surface area contributed by atoms with E-state index in [1.807, 2.05) is 26.8 Å². The fraction of sp³-hybridized carbons (Fsp3) is 0.633. The van der Waals surface area contributed by atoms with E-state index in [2.05, 4.69) is 20.0 Å². The molecule has 5 rings (SSSR count). The molecular formula is C30H42N6O6. The summed E-state index contributed by atoms with van der Waals surface area (Å²) in [6, 6.07) is 4.36. The van der Waals surface area contributed by atoms with Gasteiger partial charge < -0.3 is 14.5 Å². The first-order chi connectivity index (χ1) is 20.0. The number of piperidine rings is 1. The number of carbonyl (C=O) groups is 5. The molecule has 1 N–H and O–H groups in total. The van der Waals surface area contributed by atoms with Crippen molar-refractivity contribution < 1.29 is 28.7 Å². The number of benzene rings is 1. The summed E-state index contributed by atoms with van der Waals surface area (Å²) in [5.41, 5.74) is 1.04. The second-order valence-corrected chi connectivity index (χ2v) is 12.5. The van der Waals surface area contributed by atoms with Crippen LogP contribution in [0.15, 0.2) is 18.2 Å². The van der Waals surface area contributed by atoms with E-state index in [4.69, 9.17) is 4.74 Å². The molecule has 0 aliphatic carbocycles. The normalized spacial score (nSPS) is 22.5. The van der Waals surface area contributed by atoms with Gasteiger partial charge in [0.25, 0.3) is 11.8 Å². The minimum Gasteiger partial charge on any atom is -0.444 e. The lowest BCUT2D eigenvalue weighted by molar-refractivity contribution is -0.136. The summed E-state index contributed by atoms with van der Waals surface area (Å²) in [5.74, 6) is -1.94. The number of imide groups is 2.